The van der Waals surface area contributed by atoms with Crippen LogP contribution in [0.3, 0.4) is 0 Å². The molecule has 1 aromatic rings. The van der Waals surface area contributed by atoms with Gasteiger partial charge in [0.2, 0.25) is 0 Å². The van der Waals surface area contributed by atoms with Gasteiger partial charge in [-0.15, -0.1) is 0 Å². The smallest absolute Gasteiger partial charge is 0.133 e. The van der Waals surface area contributed by atoms with Gasteiger partial charge in [-0.05, 0) is 41.9 Å². The summed E-state index contributed by atoms with van der Waals surface area (Å²) in [5, 5.41) is 0.684. The van der Waals surface area contributed by atoms with Crippen LogP contribution >= 0.6 is 11.6 Å². The molecule has 0 radical (unpaired) electrons. The molecule has 2 rings (SSSR count). The molecule has 0 spiro atoms. The topological polar surface area (TPSA) is 12.9 Å². The lowest BCUT2D eigenvalue weighted by molar-refractivity contribution is 0.374. The van der Waals surface area contributed by atoms with Crippen LogP contribution in [-0.2, 0) is 5.41 Å². The molecule has 0 saturated carbocycles. The first-order chi connectivity index (χ1) is 10.6. The van der Waals surface area contributed by atoms with E-state index < -0.39 is 0 Å². The number of allylic oxidation sites excluding steroid dienone is 1. The Kier molecular flexibility index (Phi) is 6.50. The van der Waals surface area contributed by atoms with Crippen molar-refractivity contribution in [1.29, 1.82) is 0 Å². The highest BCUT2D eigenvalue weighted by Gasteiger charge is 2.35. The van der Waals surface area contributed by atoms with E-state index >= 15 is 0 Å². The number of fused-ring (bicyclic) bond motifs is 1. The van der Waals surface area contributed by atoms with E-state index in [-0.39, 0.29) is 5.41 Å². The van der Waals surface area contributed by atoms with Gasteiger partial charge >= 0.3 is 0 Å². The molecule has 1 heterocycles. The van der Waals surface area contributed by atoms with Gasteiger partial charge < -0.3 is 0 Å². The molecule has 0 saturated heterocycles. The molecule has 1 aliphatic carbocycles. The van der Waals surface area contributed by atoms with Crippen LogP contribution in [0.1, 0.15) is 89.2 Å². The van der Waals surface area contributed by atoms with Gasteiger partial charge in [-0.3, -0.25) is 0 Å². The highest BCUT2D eigenvalue weighted by Crippen LogP contribution is 2.46. The number of aromatic nitrogens is 1. The number of halogens is 1. The number of rotatable bonds is 8. The maximum absolute atomic E-state index is 6.44. The van der Waals surface area contributed by atoms with Gasteiger partial charge in [0.15, 0.2) is 0 Å². The standard InChI is InChI=1S/C20H30ClN/c1-4-5-6-7-8-9-10-13-20(3)14-11-16(2)17-12-15-22-19(21)18(17)20/h12,15H,2,4-11,13-14H2,1,3H3. The Labute approximate surface area is 141 Å². The number of pyridine rings is 1. The molecule has 0 fully saturated rings. The number of hydrogen-bond donors (Lipinski definition) is 0. The Balaban J connectivity index is 1.94. The molecular weight excluding hydrogens is 290 g/mol. The zero-order valence-electron chi connectivity index (χ0n) is 14.3. The number of nitrogens with zero attached hydrogens (tertiary/aromatic N) is 1. The molecule has 2 heteroatoms. The van der Waals surface area contributed by atoms with Crippen molar-refractivity contribution in [3.8, 4) is 0 Å². The summed E-state index contributed by atoms with van der Waals surface area (Å²) in [5.41, 5.74) is 3.89. The van der Waals surface area contributed by atoms with Crippen LogP contribution < -0.4 is 0 Å². The predicted molar refractivity (Wildman–Crippen MR) is 97.5 cm³/mol. The lowest BCUT2D eigenvalue weighted by atomic mass is 9.68. The summed E-state index contributed by atoms with van der Waals surface area (Å²) in [6, 6.07) is 2.09. The van der Waals surface area contributed by atoms with Gasteiger partial charge in [-0.2, -0.15) is 0 Å². The lowest BCUT2D eigenvalue weighted by Gasteiger charge is -2.37. The fraction of sp³-hybridized carbons (Fsp3) is 0.650. The molecule has 122 valence electrons. The SMILES string of the molecule is C=C1CCC(C)(CCCCCCCCC)c2c1ccnc2Cl. The minimum Gasteiger partial charge on any atom is -0.244 e. The average Bonchev–Trinajstić information content (AvgIpc) is 2.50. The Morgan fingerprint density at radius 3 is 2.59 bits per heavy atom. The van der Waals surface area contributed by atoms with Gasteiger partial charge in [0.25, 0.3) is 0 Å². The quantitative estimate of drug-likeness (QED) is 0.373. The van der Waals surface area contributed by atoms with E-state index in [1.807, 2.05) is 6.20 Å². The minimum absolute atomic E-state index is 0.172. The summed E-state index contributed by atoms with van der Waals surface area (Å²) in [5.74, 6) is 0. The van der Waals surface area contributed by atoms with Crippen molar-refractivity contribution in [2.75, 3.05) is 0 Å². The van der Waals surface area contributed by atoms with E-state index in [0.29, 0.717) is 5.15 Å². The molecule has 0 aliphatic heterocycles. The second-order valence-corrected chi connectivity index (χ2v) is 7.42. The van der Waals surface area contributed by atoms with Gasteiger partial charge in [0.05, 0.1) is 0 Å². The molecule has 0 N–H and O–H groups in total. The average molecular weight is 320 g/mol. The fourth-order valence-electron chi connectivity index (χ4n) is 3.71. The van der Waals surface area contributed by atoms with Crippen molar-refractivity contribution >= 4 is 17.2 Å². The summed E-state index contributed by atoms with van der Waals surface area (Å²) in [6.07, 6.45) is 14.8. The maximum atomic E-state index is 6.44. The van der Waals surface area contributed by atoms with Crippen LogP contribution in [0.2, 0.25) is 5.15 Å². The molecule has 1 aromatic heterocycles. The van der Waals surface area contributed by atoms with Crippen molar-refractivity contribution in [1.82, 2.24) is 4.98 Å². The van der Waals surface area contributed by atoms with E-state index in [1.54, 1.807) is 0 Å². The van der Waals surface area contributed by atoms with E-state index in [4.69, 9.17) is 11.6 Å². The highest BCUT2D eigenvalue weighted by molar-refractivity contribution is 6.30. The summed E-state index contributed by atoms with van der Waals surface area (Å²) in [6.45, 7) is 8.85. The van der Waals surface area contributed by atoms with E-state index in [0.717, 1.165) is 12.8 Å². The van der Waals surface area contributed by atoms with Crippen LogP contribution in [0.4, 0.5) is 0 Å². The largest absolute Gasteiger partial charge is 0.244 e. The van der Waals surface area contributed by atoms with Crippen LogP contribution in [-0.4, -0.2) is 4.98 Å². The summed E-state index contributed by atoms with van der Waals surface area (Å²) < 4.78 is 0. The summed E-state index contributed by atoms with van der Waals surface area (Å²) in [4.78, 5) is 4.32. The van der Waals surface area contributed by atoms with Crippen molar-refractivity contribution in [2.24, 2.45) is 0 Å². The first kappa shape index (κ1) is 17.5. The van der Waals surface area contributed by atoms with Crippen LogP contribution in [0.15, 0.2) is 18.8 Å². The van der Waals surface area contributed by atoms with Crippen LogP contribution in [0.5, 0.6) is 0 Å². The van der Waals surface area contributed by atoms with E-state index in [1.165, 1.54) is 68.1 Å². The Morgan fingerprint density at radius 2 is 1.86 bits per heavy atom. The van der Waals surface area contributed by atoms with Crippen molar-refractivity contribution in [3.63, 3.8) is 0 Å². The van der Waals surface area contributed by atoms with Crippen LogP contribution in [0, 0.1) is 0 Å². The third-order valence-corrected chi connectivity index (χ3v) is 5.49. The normalized spacial score (nSPS) is 21.0. The van der Waals surface area contributed by atoms with E-state index in [2.05, 4.69) is 31.5 Å². The third-order valence-electron chi connectivity index (χ3n) is 5.20. The monoisotopic (exact) mass is 319 g/mol. The molecule has 1 nitrogen and oxygen atoms in total. The zero-order chi connectivity index (χ0) is 16.0. The first-order valence-corrected chi connectivity index (χ1v) is 9.29. The summed E-state index contributed by atoms with van der Waals surface area (Å²) in [7, 11) is 0. The van der Waals surface area contributed by atoms with Gasteiger partial charge in [0, 0.05) is 11.8 Å². The lowest BCUT2D eigenvalue weighted by Crippen LogP contribution is -2.28. The van der Waals surface area contributed by atoms with Crippen molar-refractivity contribution in [3.05, 3.63) is 35.1 Å². The molecule has 0 aromatic carbocycles. The Hall–Kier alpha value is -0.820. The number of unbranched alkanes of at least 4 members (excludes halogenated alkanes) is 6. The molecule has 1 unspecified atom stereocenters. The minimum atomic E-state index is 0.172. The molecule has 1 aliphatic rings. The third kappa shape index (κ3) is 4.13. The first-order valence-electron chi connectivity index (χ1n) is 8.91. The summed E-state index contributed by atoms with van der Waals surface area (Å²) >= 11 is 6.44. The van der Waals surface area contributed by atoms with Crippen molar-refractivity contribution in [2.45, 2.75) is 83.5 Å². The zero-order valence-corrected chi connectivity index (χ0v) is 15.0. The predicted octanol–water partition coefficient (Wildman–Crippen LogP) is 6.94. The molecule has 1 atom stereocenters. The highest BCUT2D eigenvalue weighted by atomic mass is 35.5. The Bertz CT molecular complexity index is 508. The molecule has 0 amide bonds. The second kappa shape index (κ2) is 8.15. The van der Waals surface area contributed by atoms with Crippen molar-refractivity contribution < 1.29 is 0 Å². The van der Waals surface area contributed by atoms with Crippen LogP contribution in [0.25, 0.3) is 5.57 Å². The molecule has 0 bridgehead atoms. The molecule has 22 heavy (non-hydrogen) atoms. The van der Waals surface area contributed by atoms with Gasteiger partial charge in [0.1, 0.15) is 5.15 Å². The fourth-order valence-corrected chi connectivity index (χ4v) is 4.10. The van der Waals surface area contributed by atoms with E-state index in [9.17, 15) is 0 Å². The van der Waals surface area contributed by atoms with Gasteiger partial charge in [-0.25, -0.2) is 4.98 Å². The number of hydrogen-bond acceptors (Lipinski definition) is 1. The second-order valence-electron chi connectivity index (χ2n) is 7.06. The molecular formula is C20H30ClN. The Morgan fingerprint density at radius 1 is 1.18 bits per heavy atom. The van der Waals surface area contributed by atoms with Gasteiger partial charge in [-0.1, -0.05) is 77.0 Å². The maximum Gasteiger partial charge on any atom is 0.133 e.